The van der Waals surface area contributed by atoms with Gasteiger partial charge in [-0.15, -0.1) is 0 Å². The third-order valence-corrected chi connectivity index (χ3v) is 5.46. The molecule has 120 valence electrons. The quantitative estimate of drug-likeness (QED) is 0.858. The Hall–Kier alpha value is -1.49. The van der Waals surface area contributed by atoms with Crippen LogP contribution in [-0.2, 0) is 4.74 Å². The Bertz CT molecular complexity index is 514. The predicted octanol–water partition coefficient (Wildman–Crippen LogP) is 2.68. The first-order valence-electron chi connectivity index (χ1n) is 8.34. The number of carbonyl (C=O) groups excluding carboxylic acids is 1. The van der Waals surface area contributed by atoms with Gasteiger partial charge in [0.15, 0.2) is 0 Å². The fourth-order valence-corrected chi connectivity index (χ4v) is 4.30. The second-order valence-corrected chi connectivity index (χ2v) is 6.50. The summed E-state index contributed by atoms with van der Waals surface area (Å²) in [5.41, 5.74) is 0.580. The van der Waals surface area contributed by atoms with Gasteiger partial charge < -0.3 is 9.64 Å². The van der Waals surface area contributed by atoms with Gasteiger partial charge in [0, 0.05) is 37.5 Å². The monoisotopic (exact) mass is 303 g/mol. The average molecular weight is 303 g/mol. The number of ether oxygens (including phenoxy) is 1. The SMILES string of the molecule is CCO[C@@H]1C[C@@H](N(C)C(=O)c2cnccn2)C12CCCCC2. The van der Waals surface area contributed by atoms with Gasteiger partial charge in [0.2, 0.25) is 0 Å². The van der Waals surface area contributed by atoms with Gasteiger partial charge in [-0.3, -0.25) is 9.78 Å². The molecule has 2 fully saturated rings. The minimum atomic E-state index is -0.0296. The molecule has 0 saturated heterocycles. The number of nitrogens with zero attached hydrogens (tertiary/aromatic N) is 3. The number of aromatic nitrogens is 2. The Morgan fingerprint density at radius 3 is 2.77 bits per heavy atom. The predicted molar refractivity (Wildman–Crippen MR) is 83.5 cm³/mol. The fourth-order valence-electron chi connectivity index (χ4n) is 4.30. The van der Waals surface area contributed by atoms with Gasteiger partial charge in [-0.25, -0.2) is 4.98 Å². The van der Waals surface area contributed by atoms with Crippen LogP contribution in [0.15, 0.2) is 18.6 Å². The van der Waals surface area contributed by atoms with Crippen LogP contribution < -0.4 is 0 Å². The zero-order chi connectivity index (χ0) is 15.6. The molecule has 0 aliphatic heterocycles. The van der Waals surface area contributed by atoms with E-state index in [1.165, 1.54) is 32.1 Å². The zero-order valence-electron chi connectivity index (χ0n) is 13.5. The van der Waals surface area contributed by atoms with E-state index in [9.17, 15) is 4.79 Å². The number of carbonyl (C=O) groups is 1. The van der Waals surface area contributed by atoms with Crippen LogP contribution in [0.1, 0.15) is 55.9 Å². The normalized spacial score (nSPS) is 26.5. The van der Waals surface area contributed by atoms with Gasteiger partial charge in [0.25, 0.3) is 5.91 Å². The summed E-state index contributed by atoms with van der Waals surface area (Å²) in [6.45, 7) is 2.80. The molecule has 2 atom stereocenters. The molecule has 0 N–H and O–H groups in total. The Morgan fingerprint density at radius 1 is 1.36 bits per heavy atom. The van der Waals surface area contributed by atoms with Crippen LogP contribution >= 0.6 is 0 Å². The first kappa shape index (κ1) is 15.4. The average Bonchev–Trinajstić information content (AvgIpc) is 2.58. The standard InChI is InChI=1S/C17H25N3O2/c1-3-22-15-11-14(17(15)7-5-4-6-8-17)20(2)16(21)13-12-18-9-10-19-13/h9-10,12,14-15H,3-8,11H2,1-2H3/t14-,15-/m1/s1. The molecule has 0 bridgehead atoms. The van der Waals surface area contributed by atoms with Gasteiger partial charge >= 0.3 is 0 Å². The molecule has 5 nitrogen and oxygen atoms in total. The topological polar surface area (TPSA) is 55.3 Å². The third kappa shape index (κ3) is 2.51. The van der Waals surface area contributed by atoms with Crippen molar-refractivity contribution in [2.45, 2.75) is 57.6 Å². The van der Waals surface area contributed by atoms with Gasteiger partial charge in [-0.05, 0) is 26.2 Å². The van der Waals surface area contributed by atoms with Crippen molar-refractivity contribution in [1.29, 1.82) is 0 Å². The van der Waals surface area contributed by atoms with Crippen molar-refractivity contribution in [3.8, 4) is 0 Å². The van der Waals surface area contributed by atoms with Crippen molar-refractivity contribution in [2.75, 3.05) is 13.7 Å². The molecule has 1 heterocycles. The van der Waals surface area contributed by atoms with Gasteiger partial charge in [-0.1, -0.05) is 19.3 Å². The first-order chi connectivity index (χ1) is 10.7. The van der Waals surface area contributed by atoms with Crippen molar-refractivity contribution in [2.24, 2.45) is 5.41 Å². The van der Waals surface area contributed by atoms with Crippen molar-refractivity contribution < 1.29 is 9.53 Å². The molecule has 5 heteroatoms. The van der Waals surface area contributed by atoms with Crippen LogP contribution in [0, 0.1) is 5.41 Å². The molecule has 2 saturated carbocycles. The first-order valence-corrected chi connectivity index (χ1v) is 8.34. The summed E-state index contributed by atoms with van der Waals surface area (Å²) < 4.78 is 5.97. The molecule has 1 amide bonds. The summed E-state index contributed by atoms with van der Waals surface area (Å²) in [4.78, 5) is 22.7. The maximum absolute atomic E-state index is 12.7. The maximum Gasteiger partial charge on any atom is 0.274 e. The van der Waals surface area contributed by atoms with E-state index in [1.807, 2.05) is 11.9 Å². The summed E-state index contributed by atoms with van der Waals surface area (Å²) in [6, 6.07) is 0.263. The van der Waals surface area contributed by atoms with Crippen LogP contribution in [0.2, 0.25) is 0 Å². The maximum atomic E-state index is 12.7. The highest BCUT2D eigenvalue weighted by molar-refractivity contribution is 5.92. The summed E-state index contributed by atoms with van der Waals surface area (Å²) in [5.74, 6) is -0.0296. The van der Waals surface area contributed by atoms with E-state index in [4.69, 9.17) is 4.74 Å². The summed E-state index contributed by atoms with van der Waals surface area (Å²) in [5, 5.41) is 0. The molecule has 22 heavy (non-hydrogen) atoms. The van der Waals surface area contributed by atoms with Crippen LogP contribution in [0.25, 0.3) is 0 Å². The summed E-state index contributed by atoms with van der Waals surface area (Å²) in [7, 11) is 1.90. The minimum Gasteiger partial charge on any atom is -0.378 e. The largest absolute Gasteiger partial charge is 0.378 e. The van der Waals surface area contributed by atoms with Crippen molar-refractivity contribution in [3.05, 3.63) is 24.3 Å². The zero-order valence-corrected chi connectivity index (χ0v) is 13.5. The lowest BCUT2D eigenvalue weighted by Gasteiger charge is -2.60. The summed E-state index contributed by atoms with van der Waals surface area (Å²) in [6.07, 6.45) is 12.1. The molecule has 1 spiro atoms. The van der Waals surface area contributed by atoms with Crippen molar-refractivity contribution in [1.82, 2.24) is 14.9 Å². The number of hydrogen-bond donors (Lipinski definition) is 0. The number of rotatable bonds is 4. The molecular weight excluding hydrogens is 278 g/mol. The molecule has 1 aromatic heterocycles. The Kier molecular flexibility index (Phi) is 4.43. The second kappa shape index (κ2) is 6.32. The molecule has 2 aliphatic rings. The van der Waals surface area contributed by atoms with E-state index in [1.54, 1.807) is 18.6 Å². The lowest BCUT2D eigenvalue weighted by molar-refractivity contribution is -0.170. The van der Waals surface area contributed by atoms with Crippen LogP contribution in [0.4, 0.5) is 0 Å². The van der Waals surface area contributed by atoms with E-state index in [0.29, 0.717) is 11.8 Å². The van der Waals surface area contributed by atoms with Gasteiger partial charge in [-0.2, -0.15) is 0 Å². The third-order valence-electron chi connectivity index (χ3n) is 5.46. The Labute approximate surface area is 132 Å². The van der Waals surface area contributed by atoms with Crippen molar-refractivity contribution in [3.63, 3.8) is 0 Å². The highest BCUT2D eigenvalue weighted by Crippen LogP contribution is 2.55. The van der Waals surface area contributed by atoms with E-state index in [-0.39, 0.29) is 17.4 Å². The van der Waals surface area contributed by atoms with E-state index in [0.717, 1.165) is 13.0 Å². The lowest BCUT2D eigenvalue weighted by Crippen LogP contribution is -2.65. The molecule has 0 aromatic carbocycles. The smallest absolute Gasteiger partial charge is 0.274 e. The molecule has 3 rings (SSSR count). The number of amides is 1. The highest BCUT2D eigenvalue weighted by Gasteiger charge is 2.57. The van der Waals surface area contributed by atoms with Gasteiger partial charge in [0.05, 0.1) is 12.3 Å². The van der Waals surface area contributed by atoms with E-state index < -0.39 is 0 Å². The number of hydrogen-bond acceptors (Lipinski definition) is 4. The van der Waals surface area contributed by atoms with Crippen LogP contribution in [0.5, 0.6) is 0 Å². The minimum absolute atomic E-state index is 0.0296. The highest BCUT2D eigenvalue weighted by atomic mass is 16.5. The van der Waals surface area contributed by atoms with Gasteiger partial charge in [0.1, 0.15) is 5.69 Å². The Morgan fingerprint density at radius 2 is 2.14 bits per heavy atom. The van der Waals surface area contributed by atoms with Crippen LogP contribution in [0.3, 0.4) is 0 Å². The van der Waals surface area contributed by atoms with E-state index >= 15 is 0 Å². The molecule has 1 aromatic rings. The Balaban J connectivity index is 1.77. The second-order valence-electron chi connectivity index (χ2n) is 6.50. The molecular formula is C17H25N3O2. The molecule has 2 aliphatic carbocycles. The molecule has 0 radical (unpaired) electrons. The molecule has 0 unspecified atom stereocenters. The van der Waals surface area contributed by atoms with E-state index in [2.05, 4.69) is 16.9 Å². The van der Waals surface area contributed by atoms with Crippen molar-refractivity contribution >= 4 is 5.91 Å². The lowest BCUT2D eigenvalue weighted by atomic mass is 9.54. The summed E-state index contributed by atoms with van der Waals surface area (Å²) >= 11 is 0. The fraction of sp³-hybridized carbons (Fsp3) is 0.706. The van der Waals surface area contributed by atoms with Crippen LogP contribution in [-0.4, -0.2) is 46.6 Å².